The Labute approximate surface area is 425 Å². The maximum atomic E-state index is 6.38. The van der Waals surface area contributed by atoms with Crippen LogP contribution in [0.4, 0.5) is 17.1 Å². The maximum absolute atomic E-state index is 6.38. The fraction of sp³-hybridized carbons (Fsp3) is 0.0141. The Hall–Kier alpha value is -9.50. The minimum Gasteiger partial charge on any atom is -0.456 e. The van der Waals surface area contributed by atoms with E-state index in [-0.39, 0.29) is 0 Å². The van der Waals surface area contributed by atoms with Crippen LogP contribution in [0.25, 0.3) is 88.3 Å². The molecule has 0 radical (unpaired) electrons. The third kappa shape index (κ3) is 6.79. The standard InChI is InChI=1S/C71H47NO/c1-4-21-49(22-5-1)55-33-18-23-50-24-19-34-60(69(50)55)56-29-11-15-38-65(56)72(54-44-41-48(42-45-54)51-43-46-59-58-31-13-17-40-67(58)73-68(59)47-51)66-39-16-12-30-57(66)61-35-20-37-64-70(61)62-32-10-14-36-63(62)71(64,52-25-6-2-7-26-52)53-27-8-3-9-28-53/h1-47H. The van der Waals surface area contributed by atoms with Gasteiger partial charge in [0.15, 0.2) is 0 Å². The molecule has 0 bridgehead atoms. The van der Waals surface area contributed by atoms with Gasteiger partial charge in [-0.1, -0.05) is 243 Å². The van der Waals surface area contributed by atoms with Crippen molar-refractivity contribution in [2.75, 3.05) is 4.90 Å². The number of benzene rings is 12. The average molecular weight is 930 g/mol. The highest BCUT2D eigenvalue weighted by atomic mass is 16.3. The predicted octanol–water partition coefficient (Wildman–Crippen LogP) is 19.2. The van der Waals surface area contributed by atoms with Gasteiger partial charge in [0.05, 0.1) is 16.8 Å². The normalized spacial score (nSPS) is 12.5. The molecule has 12 aromatic carbocycles. The van der Waals surface area contributed by atoms with E-state index in [1.807, 2.05) is 12.1 Å². The van der Waals surface area contributed by atoms with Gasteiger partial charge < -0.3 is 9.32 Å². The second kappa shape index (κ2) is 17.4. The lowest BCUT2D eigenvalue weighted by atomic mass is 9.67. The molecule has 13 aromatic rings. The zero-order valence-electron chi connectivity index (χ0n) is 40.0. The molecule has 0 spiro atoms. The van der Waals surface area contributed by atoms with Crippen molar-refractivity contribution >= 4 is 49.8 Å². The van der Waals surface area contributed by atoms with Gasteiger partial charge in [0.2, 0.25) is 0 Å². The second-order valence-corrected chi connectivity index (χ2v) is 19.1. The van der Waals surface area contributed by atoms with E-state index in [4.69, 9.17) is 4.42 Å². The molecule has 0 atom stereocenters. The van der Waals surface area contributed by atoms with Gasteiger partial charge in [-0.2, -0.15) is 0 Å². The molecule has 0 saturated heterocycles. The minimum absolute atomic E-state index is 0.530. The lowest BCUT2D eigenvalue weighted by molar-refractivity contribution is 0.669. The summed E-state index contributed by atoms with van der Waals surface area (Å²) in [5.41, 5.74) is 21.3. The van der Waals surface area contributed by atoms with Crippen molar-refractivity contribution in [3.8, 4) is 55.6 Å². The van der Waals surface area contributed by atoms with Crippen LogP contribution >= 0.6 is 0 Å². The zero-order valence-corrected chi connectivity index (χ0v) is 40.0. The number of hydrogen-bond donors (Lipinski definition) is 0. The molecule has 0 fully saturated rings. The number of anilines is 3. The summed E-state index contributed by atoms with van der Waals surface area (Å²) in [5.74, 6) is 0. The van der Waals surface area contributed by atoms with Crippen LogP contribution in [0.15, 0.2) is 290 Å². The topological polar surface area (TPSA) is 16.4 Å². The number of para-hydroxylation sites is 3. The Kier molecular flexibility index (Phi) is 10.1. The zero-order chi connectivity index (χ0) is 48.3. The summed E-state index contributed by atoms with van der Waals surface area (Å²) in [6.07, 6.45) is 0. The Morgan fingerprint density at radius 1 is 0.301 bits per heavy atom. The highest BCUT2D eigenvalue weighted by molar-refractivity contribution is 6.10. The molecule has 0 N–H and O–H groups in total. The van der Waals surface area contributed by atoms with E-state index in [1.165, 1.54) is 66.4 Å². The first-order valence-corrected chi connectivity index (χ1v) is 25.2. The number of fused-ring (bicyclic) bond motifs is 7. The Morgan fingerprint density at radius 3 is 1.52 bits per heavy atom. The summed E-state index contributed by atoms with van der Waals surface area (Å²) in [6, 6.07) is 104. The Balaban J connectivity index is 1.00. The van der Waals surface area contributed by atoms with Crippen LogP contribution in [-0.2, 0) is 5.41 Å². The van der Waals surface area contributed by atoms with Gasteiger partial charge in [-0.15, -0.1) is 0 Å². The van der Waals surface area contributed by atoms with Crippen LogP contribution in [0.5, 0.6) is 0 Å². The Morgan fingerprint density at radius 2 is 0.808 bits per heavy atom. The van der Waals surface area contributed by atoms with Gasteiger partial charge in [0, 0.05) is 27.6 Å². The van der Waals surface area contributed by atoms with Crippen molar-refractivity contribution in [2.24, 2.45) is 0 Å². The van der Waals surface area contributed by atoms with Gasteiger partial charge >= 0.3 is 0 Å². The molecule has 0 amide bonds. The average Bonchev–Trinajstić information content (AvgIpc) is 4.00. The SMILES string of the molecule is c1ccc(-c2cccc3cccc(-c4ccccc4N(c4ccc(-c5ccc6c(c5)oc5ccccc56)cc4)c4ccccc4-c4cccc5c4-c4ccccc4C5(c4ccccc4)c4ccccc4)c23)cc1. The van der Waals surface area contributed by atoms with E-state index in [9.17, 15) is 0 Å². The van der Waals surface area contributed by atoms with Gasteiger partial charge in [0.1, 0.15) is 11.2 Å². The van der Waals surface area contributed by atoms with E-state index >= 15 is 0 Å². The molecule has 0 aliphatic heterocycles. The molecule has 1 heterocycles. The molecule has 2 heteroatoms. The highest BCUT2D eigenvalue weighted by Crippen LogP contribution is 2.59. The lowest BCUT2D eigenvalue weighted by Gasteiger charge is -2.34. The fourth-order valence-corrected chi connectivity index (χ4v) is 12.1. The highest BCUT2D eigenvalue weighted by Gasteiger charge is 2.47. The minimum atomic E-state index is -0.530. The maximum Gasteiger partial charge on any atom is 0.136 e. The van der Waals surface area contributed by atoms with E-state index in [1.54, 1.807) is 0 Å². The number of furan rings is 1. The number of nitrogens with zero attached hydrogens (tertiary/aromatic N) is 1. The van der Waals surface area contributed by atoms with Gasteiger partial charge in [-0.3, -0.25) is 0 Å². The van der Waals surface area contributed by atoms with Gasteiger partial charge in [0.25, 0.3) is 0 Å². The van der Waals surface area contributed by atoms with Crippen molar-refractivity contribution in [3.63, 3.8) is 0 Å². The van der Waals surface area contributed by atoms with E-state index < -0.39 is 5.41 Å². The molecule has 14 rings (SSSR count). The lowest BCUT2D eigenvalue weighted by Crippen LogP contribution is -2.28. The summed E-state index contributed by atoms with van der Waals surface area (Å²) in [6.45, 7) is 0. The summed E-state index contributed by atoms with van der Waals surface area (Å²) in [5, 5.41) is 4.68. The molecule has 2 nitrogen and oxygen atoms in total. The first-order chi connectivity index (χ1) is 36.2. The monoisotopic (exact) mass is 929 g/mol. The van der Waals surface area contributed by atoms with Crippen LogP contribution in [0.3, 0.4) is 0 Å². The largest absolute Gasteiger partial charge is 0.456 e. The third-order valence-corrected chi connectivity index (χ3v) is 15.2. The van der Waals surface area contributed by atoms with Gasteiger partial charge in [-0.05, 0) is 120 Å². The molecule has 0 unspecified atom stereocenters. The molecule has 1 aliphatic carbocycles. The van der Waals surface area contributed by atoms with E-state index in [2.05, 4.69) is 278 Å². The summed E-state index contributed by atoms with van der Waals surface area (Å²) >= 11 is 0. The summed E-state index contributed by atoms with van der Waals surface area (Å²) < 4.78 is 6.38. The fourth-order valence-electron chi connectivity index (χ4n) is 12.1. The smallest absolute Gasteiger partial charge is 0.136 e. The second-order valence-electron chi connectivity index (χ2n) is 19.1. The van der Waals surface area contributed by atoms with Crippen molar-refractivity contribution in [2.45, 2.75) is 5.41 Å². The molecule has 0 saturated carbocycles. The number of hydrogen-bond acceptors (Lipinski definition) is 2. The van der Waals surface area contributed by atoms with Crippen LogP contribution in [-0.4, -0.2) is 0 Å². The molecule has 1 aromatic heterocycles. The molecule has 1 aliphatic rings. The molecule has 73 heavy (non-hydrogen) atoms. The van der Waals surface area contributed by atoms with Crippen LogP contribution in [0.2, 0.25) is 0 Å². The number of rotatable bonds is 9. The quantitative estimate of drug-likeness (QED) is 0.143. The van der Waals surface area contributed by atoms with Crippen LogP contribution in [0.1, 0.15) is 22.3 Å². The molecular weight excluding hydrogens is 883 g/mol. The molecular formula is C71H47NO. The summed E-state index contributed by atoms with van der Waals surface area (Å²) in [4.78, 5) is 2.49. The van der Waals surface area contributed by atoms with Crippen molar-refractivity contribution < 1.29 is 4.42 Å². The third-order valence-electron chi connectivity index (χ3n) is 15.2. The predicted molar refractivity (Wildman–Crippen MR) is 305 cm³/mol. The van der Waals surface area contributed by atoms with Crippen molar-refractivity contribution in [1.29, 1.82) is 0 Å². The molecule has 342 valence electrons. The van der Waals surface area contributed by atoms with Gasteiger partial charge in [-0.25, -0.2) is 0 Å². The first-order valence-electron chi connectivity index (χ1n) is 25.2. The first kappa shape index (κ1) is 42.4. The van der Waals surface area contributed by atoms with Crippen molar-refractivity contribution in [3.05, 3.63) is 307 Å². The van der Waals surface area contributed by atoms with Crippen LogP contribution < -0.4 is 4.90 Å². The van der Waals surface area contributed by atoms with E-state index in [0.29, 0.717) is 0 Å². The Bertz CT molecular complexity index is 4150. The van der Waals surface area contributed by atoms with E-state index in [0.717, 1.165) is 61.3 Å². The van der Waals surface area contributed by atoms with Crippen LogP contribution in [0, 0.1) is 0 Å². The summed E-state index contributed by atoms with van der Waals surface area (Å²) in [7, 11) is 0. The van der Waals surface area contributed by atoms with Crippen molar-refractivity contribution in [1.82, 2.24) is 0 Å².